The van der Waals surface area contributed by atoms with E-state index in [0.29, 0.717) is 12.6 Å². The van der Waals surface area contributed by atoms with Crippen LogP contribution in [0.4, 0.5) is 0 Å². The first kappa shape index (κ1) is 15.1. The summed E-state index contributed by atoms with van der Waals surface area (Å²) in [5.74, 6) is 0. The minimum absolute atomic E-state index is 0.463. The summed E-state index contributed by atoms with van der Waals surface area (Å²) in [7, 11) is 1.74. The summed E-state index contributed by atoms with van der Waals surface area (Å²) in [5, 5.41) is 0. The molecule has 0 amide bonds. The summed E-state index contributed by atoms with van der Waals surface area (Å²) >= 11 is 0. The minimum atomic E-state index is -1.50. The maximum Gasteiger partial charge on any atom is 0.577 e. The highest BCUT2D eigenvalue weighted by molar-refractivity contribution is 6.36. The molecule has 4 nitrogen and oxygen atoms in total. The third-order valence-corrected chi connectivity index (χ3v) is 3.60. The average Bonchev–Trinajstić information content (AvgIpc) is 2.29. The van der Waals surface area contributed by atoms with Crippen molar-refractivity contribution >= 4 is 9.53 Å². The quantitative estimate of drug-likeness (QED) is 0.564. The Balaban J connectivity index is 3.97. The predicted octanol–water partition coefficient (Wildman–Crippen LogP) is 1.40. The van der Waals surface area contributed by atoms with Crippen molar-refractivity contribution in [2.75, 3.05) is 33.9 Å². The van der Waals surface area contributed by atoms with Crippen LogP contribution in [-0.2, 0) is 13.3 Å². The SMILES string of the molecule is CCC(CO[Si](OC)OC)N(CC)CC. The normalized spacial score (nSPS) is 13.8. The fourth-order valence-corrected chi connectivity index (χ4v) is 2.32. The Morgan fingerprint density at radius 3 is 1.93 bits per heavy atom. The van der Waals surface area contributed by atoms with E-state index < -0.39 is 9.53 Å². The second kappa shape index (κ2) is 9.29. The molecule has 0 saturated carbocycles. The molecule has 0 aromatic heterocycles. The van der Waals surface area contributed by atoms with Gasteiger partial charge in [-0.25, -0.2) is 0 Å². The number of hydrogen-bond donors (Lipinski definition) is 0. The maximum atomic E-state index is 5.59. The zero-order valence-corrected chi connectivity index (χ0v) is 11.6. The first-order chi connectivity index (χ1) is 7.23. The van der Waals surface area contributed by atoms with E-state index in [9.17, 15) is 0 Å². The first-order valence-corrected chi connectivity index (χ1v) is 6.77. The molecule has 0 aliphatic heterocycles. The largest absolute Gasteiger partial charge is 0.577 e. The van der Waals surface area contributed by atoms with E-state index in [1.807, 2.05) is 0 Å². The molecule has 0 bridgehead atoms. The zero-order valence-electron chi connectivity index (χ0n) is 10.6. The molecule has 91 valence electrons. The molecular weight excluding hydrogens is 210 g/mol. The molecule has 15 heavy (non-hydrogen) atoms. The van der Waals surface area contributed by atoms with Crippen LogP contribution in [0, 0.1) is 0 Å². The van der Waals surface area contributed by atoms with Gasteiger partial charge in [-0.15, -0.1) is 0 Å². The van der Waals surface area contributed by atoms with Crippen LogP contribution in [0.2, 0.25) is 0 Å². The van der Waals surface area contributed by atoms with Gasteiger partial charge in [-0.2, -0.15) is 0 Å². The molecule has 0 aliphatic rings. The lowest BCUT2D eigenvalue weighted by Crippen LogP contribution is -2.40. The van der Waals surface area contributed by atoms with Crippen molar-refractivity contribution in [3.63, 3.8) is 0 Å². The van der Waals surface area contributed by atoms with Crippen molar-refractivity contribution in [1.29, 1.82) is 0 Å². The van der Waals surface area contributed by atoms with Crippen LogP contribution >= 0.6 is 0 Å². The average molecular weight is 234 g/mol. The molecule has 0 N–H and O–H groups in total. The van der Waals surface area contributed by atoms with Gasteiger partial charge in [0, 0.05) is 20.3 Å². The Hall–Kier alpha value is 0.0569. The van der Waals surface area contributed by atoms with E-state index in [2.05, 4.69) is 25.7 Å². The molecule has 0 saturated heterocycles. The number of nitrogens with zero attached hydrogens (tertiary/aromatic N) is 1. The summed E-state index contributed by atoms with van der Waals surface area (Å²) in [4.78, 5) is 2.39. The summed E-state index contributed by atoms with van der Waals surface area (Å²) in [6.07, 6.45) is 1.09. The molecule has 1 atom stereocenters. The summed E-state index contributed by atoms with van der Waals surface area (Å²) in [5.41, 5.74) is 0. The molecule has 0 rings (SSSR count). The fraction of sp³-hybridized carbons (Fsp3) is 1.00. The van der Waals surface area contributed by atoms with E-state index in [1.54, 1.807) is 14.2 Å². The number of hydrogen-bond acceptors (Lipinski definition) is 4. The van der Waals surface area contributed by atoms with Crippen LogP contribution in [-0.4, -0.2) is 54.4 Å². The lowest BCUT2D eigenvalue weighted by molar-refractivity contribution is 0.0842. The highest BCUT2D eigenvalue weighted by Crippen LogP contribution is 2.05. The minimum Gasteiger partial charge on any atom is -0.375 e. The Labute approximate surface area is 95.5 Å². The first-order valence-electron chi connectivity index (χ1n) is 5.55. The smallest absolute Gasteiger partial charge is 0.375 e. The standard InChI is InChI=1S/C10H24NO3Si/c1-6-10(11(7-2)8-3)9-14-15(12-4)13-5/h10H,6-9H2,1-5H3. The van der Waals surface area contributed by atoms with Crippen LogP contribution < -0.4 is 0 Å². The van der Waals surface area contributed by atoms with Gasteiger partial charge in [0.05, 0.1) is 6.61 Å². The molecule has 0 aromatic rings. The summed E-state index contributed by atoms with van der Waals surface area (Å²) in [6, 6.07) is 0.463. The number of likely N-dealkylation sites (N-methyl/N-ethyl adjacent to an activating group) is 1. The Morgan fingerprint density at radius 1 is 1.07 bits per heavy atom. The Kier molecular flexibility index (Phi) is 9.33. The van der Waals surface area contributed by atoms with Gasteiger partial charge < -0.3 is 13.3 Å². The van der Waals surface area contributed by atoms with Gasteiger partial charge in [0.25, 0.3) is 0 Å². The Morgan fingerprint density at radius 2 is 1.60 bits per heavy atom. The van der Waals surface area contributed by atoms with Gasteiger partial charge in [0.1, 0.15) is 0 Å². The van der Waals surface area contributed by atoms with Gasteiger partial charge in [0.2, 0.25) is 0 Å². The third-order valence-electron chi connectivity index (χ3n) is 2.53. The van der Waals surface area contributed by atoms with E-state index >= 15 is 0 Å². The predicted molar refractivity (Wildman–Crippen MR) is 62.7 cm³/mol. The van der Waals surface area contributed by atoms with E-state index in [-0.39, 0.29) is 0 Å². The second-order valence-electron chi connectivity index (χ2n) is 3.25. The van der Waals surface area contributed by atoms with Crippen molar-refractivity contribution in [3.8, 4) is 0 Å². The summed E-state index contributed by atoms with van der Waals surface area (Å²) < 4.78 is 15.8. The molecule has 0 aromatic carbocycles. The second-order valence-corrected chi connectivity index (χ2v) is 4.86. The number of rotatable bonds is 9. The lowest BCUT2D eigenvalue weighted by Gasteiger charge is -2.29. The maximum absolute atomic E-state index is 5.59. The van der Waals surface area contributed by atoms with Crippen molar-refractivity contribution in [3.05, 3.63) is 0 Å². The van der Waals surface area contributed by atoms with Crippen LogP contribution in [0.3, 0.4) is 0 Å². The molecule has 0 aliphatic carbocycles. The van der Waals surface area contributed by atoms with Crippen LogP contribution in [0.1, 0.15) is 27.2 Å². The van der Waals surface area contributed by atoms with Crippen molar-refractivity contribution in [2.45, 2.75) is 33.2 Å². The fourth-order valence-electron chi connectivity index (χ4n) is 1.59. The van der Waals surface area contributed by atoms with Gasteiger partial charge in [-0.1, -0.05) is 20.8 Å². The lowest BCUT2D eigenvalue weighted by atomic mass is 10.2. The van der Waals surface area contributed by atoms with Crippen LogP contribution in [0.25, 0.3) is 0 Å². The highest BCUT2D eigenvalue weighted by atomic mass is 28.3. The molecule has 0 fully saturated rings. The van der Waals surface area contributed by atoms with Gasteiger partial charge >= 0.3 is 9.53 Å². The molecule has 1 unspecified atom stereocenters. The molecule has 0 spiro atoms. The van der Waals surface area contributed by atoms with Gasteiger partial charge in [0.15, 0.2) is 0 Å². The van der Waals surface area contributed by atoms with Gasteiger partial charge in [-0.3, -0.25) is 4.90 Å². The summed E-state index contributed by atoms with van der Waals surface area (Å²) in [6.45, 7) is 9.32. The van der Waals surface area contributed by atoms with E-state index in [0.717, 1.165) is 19.5 Å². The van der Waals surface area contributed by atoms with E-state index in [1.165, 1.54) is 0 Å². The molecule has 0 heterocycles. The van der Waals surface area contributed by atoms with Crippen molar-refractivity contribution in [1.82, 2.24) is 4.90 Å². The molecular formula is C10H24NO3Si. The molecule has 1 radical (unpaired) electrons. The van der Waals surface area contributed by atoms with Crippen LogP contribution in [0.5, 0.6) is 0 Å². The zero-order chi connectivity index (χ0) is 11.7. The topological polar surface area (TPSA) is 30.9 Å². The Bertz CT molecular complexity index is 141. The molecule has 5 heteroatoms. The third kappa shape index (κ3) is 5.63. The highest BCUT2D eigenvalue weighted by Gasteiger charge is 2.20. The van der Waals surface area contributed by atoms with Crippen LogP contribution in [0.15, 0.2) is 0 Å². The van der Waals surface area contributed by atoms with Crippen molar-refractivity contribution in [2.24, 2.45) is 0 Å². The van der Waals surface area contributed by atoms with Crippen molar-refractivity contribution < 1.29 is 13.3 Å². The monoisotopic (exact) mass is 234 g/mol. The van der Waals surface area contributed by atoms with E-state index in [4.69, 9.17) is 13.3 Å². The van der Waals surface area contributed by atoms with Gasteiger partial charge in [-0.05, 0) is 19.5 Å².